The van der Waals surface area contributed by atoms with E-state index in [1.54, 1.807) is 0 Å². The first-order valence-electron chi connectivity index (χ1n) is 4.46. The van der Waals surface area contributed by atoms with Gasteiger partial charge >= 0.3 is 0 Å². The lowest BCUT2D eigenvalue weighted by molar-refractivity contribution is 0.0689. The Balaban J connectivity index is 2.20. The van der Waals surface area contributed by atoms with E-state index in [2.05, 4.69) is 6.92 Å². The highest BCUT2D eigenvalue weighted by molar-refractivity contribution is 7.91. The van der Waals surface area contributed by atoms with Gasteiger partial charge in [-0.1, -0.05) is 13.3 Å². The van der Waals surface area contributed by atoms with Gasteiger partial charge in [0, 0.05) is 6.61 Å². The lowest BCUT2D eigenvalue weighted by Gasteiger charge is -2.08. The van der Waals surface area contributed by atoms with Crippen LogP contribution >= 0.6 is 0 Å². The van der Waals surface area contributed by atoms with Crippen molar-refractivity contribution in [2.75, 3.05) is 18.1 Å². The summed E-state index contributed by atoms with van der Waals surface area (Å²) in [6.07, 6.45) is 2.78. The number of hydrogen-bond donors (Lipinski definition) is 0. The molecular weight excluding hydrogens is 176 g/mol. The van der Waals surface area contributed by atoms with E-state index in [-0.39, 0.29) is 11.9 Å². The van der Waals surface area contributed by atoms with Crippen molar-refractivity contribution in [2.45, 2.75) is 32.3 Å². The summed E-state index contributed by atoms with van der Waals surface area (Å²) in [4.78, 5) is 0. The highest BCUT2D eigenvalue weighted by atomic mass is 32.2. The second-order valence-corrected chi connectivity index (χ2v) is 5.48. The molecule has 1 atom stereocenters. The Kier molecular flexibility index (Phi) is 3.53. The summed E-state index contributed by atoms with van der Waals surface area (Å²) >= 11 is 0. The average molecular weight is 192 g/mol. The molecule has 0 spiro atoms. The van der Waals surface area contributed by atoms with Crippen molar-refractivity contribution in [3.63, 3.8) is 0 Å². The van der Waals surface area contributed by atoms with E-state index in [9.17, 15) is 8.42 Å². The molecule has 1 heterocycles. The van der Waals surface area contributed by atoms with Crippen LogP contribution in [-0.2, 0) is 14.6 Å². The lowest BCUT2D eigenvalue weighted by Crippen LogP contribution is -2.15. The molecule has 0 radical (unpaired) electrons. The molecular formula is C8H16O3S. The molecule has 1 fully saturated rings. The normalized spacial score (nSPS) is 27.6. The molecule has 0 bridgehead atoms. The van der Waals surface area contributed by atoms with Crippen molar-refractivity contribution in [3.8, 4) is 0 Å². The summed E-state index contributed by atoms with van der Waals surface area (Å²) in [6, 6.07) is 0. The minimum atomic E-state index is -2.76. The van der Waals surface area contributed by atoms with Crippen molar-refractivity contribution >= 4 is 9.84 Å². The Morgan fingerprint density at radius 1 is 1.50 bits per heavy atom. The number of hydrogen-bond acceptors (Lipinski definition) is 3. The van der Waals surface area contributed by atoms with Gasteiger partial charge in [0.05, 0.1) is 17.6 Å². The first-order chi connectivity index (χ1) is 5.64. The predicted octanol–water partition coefficient (Wildman–Crippen LogP) is 0.990. The third-order valence-corrected chi connectivity index (χ3v) is 3.78. The quantitative estimate of drug-likeness (QED) is 0.624. The summed E-state index contributed by atoms with van der Waals surface area (Å²) in [5.74, 6) is 0.542. The van der Waals surface area contributed by atoms with E-state index in [4.69, 9.17) is 4.74 Å². The van der Waals surface area contributed by atoms with Crippen LogP contribution in [0.2, 0.25) is 0 Å². The third-order valence-electron chi connectivity index (χ3n) is 2.04. The maximum absolute atomic E-state index is 11.0. The van der Waals surface area contributed by atoms with Gasteiger partial charge in [0.25, 0.3) is 0 Å². The maximum atomic E-state index is 11.0. The SMILES string of the molecule is CCCCOC1CCS(=O)(=O)C1. The van der Waals surface area contributed by atoms with Gasteiger partial charge in [0.1, 0.15) is 0 Å². The van der Waals surface area contributed by atoms with Crippen LogP contribution in [0.1, 0.15) is 26.2 Å². The van der Waals surface area contributed by atoms with Crippen LogP contribution in [0, 0.1) is 0 Å². The van der Waals surface area contributed by atoms with E-state index in [1.165, 1.54) is 0 Å². The topological polar surface area (TPSA) is 43.4 Å². The van der Waals surface area contributed by atoms with Gasteiger partial charge in [0.2, 0.25) is 0 Å². The van der Waals surface area contributed by atoms with Crippen LogP contribution in [0.3, 0.4) is 0 Å². The van der Waals surface area contributed by atoms with Crippen LogP contribution in [0.25, 0.3) is 0 Å². The Morgan fingerprint density at radius 3 is 2.75 bits per heavy atom. The van der Waals surface area contributed by atoms with Gasteiger partial charge in [-0.05, 0) is 12.8 Å². The molecule has 0 N–H and O–H groups in total. The summed E-state index contributed by atoms with van der Waals surface area (Å²) in [6.45, 7) is 2.80. The highest BCUT2D eigenvalue weighted by Crippen LogP contribution is 2.14. The third kappa shape index (κ3) is 3.11. The van der Waals surface area contributed by atoms with Crippen molar-refractivity contribution in [3.05, 3.63) is 0 Å². The molecule has 72 valence electrons. The molecule has 0 saturated carbocycles. The lowest BCUT2D eigenvalue weighted by atomic mass is 10.3. The standard InChI is InChI=1S/C8H16O3S/c1-2-3-5-11-8-4-6-12(9,10)7-8/h8H,2-7H2,1H3. The molecule has 0 aromatic heterocycles. The van der Waals surface area contributed by atoms with Gasteiger partial charge in [-0.25, -0.2) is 8.42 Å². The van der Waals surface area contributed by atoms with E-state index in [0.29, 0.717) is 18.8 Å². The fraction of sp³-hybridized carbons (Fsp3) is 1.00. The fourth-order valence-corrected chi connectivity index (χ4v) is 2.90. The number of ether oxygens (including phenoxy) is 1. The largest absolute Gasteiger partial charge is 0.377 e. The molecule has 1 saturated heterocycles. The van der Waals surface area contributed by atoms with Crippen LogP contribution in [0.5, 0.6) is 0 Å². The Morgan fingerprint density at radius 2 is 2.25 bits per heavy atom. The highest BCUT2D eigenvalue weighted by Gasteiger charge is 2.27. The Bertz CT molecular complexity index is 220. The average Bonchev–Trinajstić information content (AvgIpc) is 2.31. The molecule has 0 amide bonds. The van der Waals surface area contributed by atoms with Crippen LogP contribution in [-0.4, -0.2) is 32.6 Å². The van der Waals surface area contributed by atoms with Gasteiger partial charge in [0.15, 0.2) is 9.84 Å². The Labute approximate surface area is 74.0 Å². The smallest absolute Gasteiger partial charge is 0.152 e. The predicted molar refractivity (Wildman–Crippen MR) is 47.9 cm³/mol. The van der Waals surface area contributed by atoms with Gasteiger partial charge in [-0.2, -0.15) is 0 Å². The molecule has 1 unspecified atom stereocenters. The van der Waals surface area contributed by atoms with Crippen LogP contribution in [0.4, 0.5) is 0 Å². The van der Waals surface area contributed by atoms with Crippen molar-refractivity contribution < 1.29 is 13.2 Å². The zero-order chi connectivity index (χ0) is 9.03. The number of unbranched alkanes of at least 4 members (excludes halogenated alkanes) is 1. The number of rotatable bonds is 4. The van der Waals surface area contributed by atoms with Gasteiger partial charge < -0.3 is 4.74 Å². The van der Waals surface area contributed by atoms with E-state index >= 15 is 0 Å². The second-order valence-electron chi connectivity index (χ2n) is 3.25. The molecule has 0 aromatic rings. The molecule has 12 heavy (non-hydrogen) atoms. The first-order valence-corrected chi connectivity index (χ1v) is 6.28. The fourth-order valence-electron chi connectivity index (χ4n) is 1.29. The summed E-state index contributed by atoms with van der Waals surface area (Å²) < 4.78 is 27.4. The van der Waals surface area contributed by atoms with Crippen LogP contribution < -0.4 is 0 Å². The minimum absolute atomic E-state index is 0.0263. The molecule has 0 aliphatic carbocycles. The van der Waals surface area contributed by atoms with Crippen molar-refractivity contribution in [2.24, 2.45) is 0 Å². The number of sulfone groups is 1. The zero-order valence-corrected chi connectivity index (χ0v) is 8.27. The molecule has 1 aliphatic heterocycles. The monoisotopic (exact) mass is 192 g/mol. The summed E-state index contributed by atoms with van der Waals surface area (Å²) in [5, 5.41) is 0. The molecule has 1 rings (SSSR count). The molecule has 0 aromatic carbocycles. The van der Waals surface area contributed by atoms with Crippen molar-refractivity contribution in [1.82, 2.24) is 0 Å². The van der Waals surface area contributed by atoms with E-state index < -0.39 is 9.84 Å². The second kappa shape index (κ2) is 4.23. The zero-order valence-electron chi connectivity index (χ0n) is 7.45. The first kappa shape index (κ1) is 9.99. The van der Waals surface area contributed by atoms with Crippen molar-refractivity contribution in [1.29, 1.82) is 0 Å². The molecule has 4 heteroatoms. The summed E-state index contributed by atoms with van der Waals surface area (Å²) in [7, 11) is -2.76. The summed E-state index contributed by atoms with van der Waals surface area (Å²) in [5.41, 5.74) is 0. The van der Waals surface area contributed by atoms with Gasteiger partial charge in [-0.3, -0.25) is 0 Å². The van der Waals surface area contributed by atoms with E-state index in [1.807, 2.05) is 0 Å². The van der Waals surface area contributed by atoms with Gasteiger partial charge in [-0.15, -0.1) is 0 Å². The molecule has 1 aliphatic rings. The minimum Gasteiger partial charge on any atom is -0.377 e. The maximum Gasteiger partial charge on any atom is 0.152 e. The Hall–Kier alpha value is -0.0900. The van der Waals surface area contributed by atoms with Crippen LogP contribution in [0.15, 0.2) is 0 Å². The molecule has 3 nitrogen and oxygen atoms in total. The van der Waals surface area contributed by atoms with E-state index in [0.717, 1.165) is 12.8 Å².